The molecule has 2 atom stereocenters. The predicted molar refractivity (Wildman–Crippen MR) is 81.0 cm³/mol. The van der Waals surface area contributed by atoms with Crippen LogP contribution in [0.25, 0.3) is 0 Å². The number of benzene rings is 1. The Morgan fingerprint density at radius 2 is 1.89 bits per heavy atom. The Balaban J connectivity index is 2.02. The molecule has 0 spiro atoms. The first-order chi connectivity index (χ1) is 9.19. The predicted octanol–water partition coefficient (Wildman–Crippen LogP) is 1.79. The van der Waals surface area contributed by atoms with Crippen LogP contribution in [0.5, 0.6) is 0 Å². The number of nitrogens with two attached hydrogens (primary N) is 1. The molecule has 1 aliphatic rings. The van der Waals surface area contributed by atoms with Gasteiger partial charge >= 0.3 is 0 Å². The fourth-order valence-electron chi connectivity index (χ4n) is 3.13. The molecule has 0 radical (unpaired) electrons. The van der Waals surface area contributed by atoms with Crippen LogP contribution in [0.1, 0.15) is 18.9 Å². The van der Waals surface area contributed by atoms with Gasteiger partial charge < -0.3 is 10.6 Å². The Morgan fingerprint density at radius 3 is 2.58 bits per heavy atom. The minimum absolute atomic E-state index is 0.596. The van der Waals surface area contributed by atoms with Crippen LogP contribution >= 0.6 is 0 Å². The Hall–Kier alpha value is -0.900. The van der Waals surface area contributed by atoms with Gasteiger partial charge in [0.05, 0.1) is 0 Å². The van der Waals surface area contributed by atoms with Crippen molar-refractivity contribution in [1.29, 1.82) is 0 Å². The van der Waals surface area contributed by atoms with Crippen LogP contribution < -0.4 is 5.73 Å². The highest BCUT2D eigenvalue weighted by Crippen LogP contribution is 2.17. The number of hydrogen-bond acceptors (Lipinski definition) is 3. The quantitative estimate of drug-likeness (QED) is 0.897. The van der Waals surface area contributed by atoms with Gasteiger partial charge in [0.25, 0.3) is 0 Å². The highest BCUT2D eigenvalue weighted by molar-refractivity contribution is 5.14. The zero-order valence-corrected chi connectivity index (χ0v) is 12.3. The average molecular weight is 261 g/mol. The maximum Gasteiger partial charge on any atom is 0.0234 e. The molecule has 0 bridgehead atoms. The number of hydrogen-bond donors (Lipinski definition) is 1. The van der Waals surface area contributed by atoms with Crippen molar-refractivity contribution in [2.24, 2.45) is 11.7 Å². The molecule has 0 saturated carbocycles. The molecule has 0 amide bonds. The molecule has 3 nitrogen and oxygen atoms in total. The van der Waals surface area contributed by atoms with Crippen LogP contribution in [0, 0.1) is 5.92 Å². The van der Waals surface area contributed by atoms with Crippen molar-refractivity contribution >= 4 is 0 Å². The van der Waals surface area contributed by atoms with E-state index in [9.17, 15) is 0 Å². The highest BCUT2D eigenvalue weighted by atomic mass is 15.2. The third-order valence-electron chi connectivity index (χ3n) is 4.01. The second-order valence-electron chi connectivity index (χ2n) is 5.96. The zero-order valence-electron chi connectivity index (χ0n) is 12.3. The lowest BCUT2D eigenvalue weighted by Crippen LogP contribution is -2.40. The van der Waals surface area contributed by atoms with E-state index < -0.39 is 0 Å². The van der Waals surface area contributed by atoms with Crippen LogP contribution in [0.2, 0.25) is 0 Å². The van der Waals surface area contributed by atoms with E-state index in [1.807, 2.05) is 0 Å². The summed E-state index contributed by atoms with van der Waals surface area (Å²) in [4.78, 5) is 5.08. The smallest absolute Gasteiger partial charge is 0.0234 e. The number of likely N-dealkylation sites (N-methyl/N-ethyl adjacent to an activating group) is 1. The van der Waals surface area contributed by atoms with E-state index in [1.165, 1.54) is 18.7 Å². The van der Waals surface area contributed by atoms with Crippen molar-refractivity contribution in [2.45, 2.75) is 25.9 Å². The van der Waals surface area contributed by atoms with Crippen LogP contribution in [0.3, 0.4) is 0 Å². The van der Waals surface area contributed by atoms with Gasteiger partial charge in [-0.1, -0.05) is 37.3 Å². The summed E-state index contributed by atoms with van der Waals surface area (Å²) in [6.45, 7) is 7.67. The number of nitrogens with zero attached hydrogens (tertiary/aromatic N) is 2. The summed E-state index contributed by atoms with van der Waals surface area (Å²) < 4.78 is 0. The van der Waals surface area contributed by atoms with Crippen molar-refractivity contribution in [1.82, 2.24) is 9.80 Å². The SMILES string of the molecule is CC1CN(Cc2ccccc2)CC(CCN)N(C)C1. The summed E-state index contributed by atoms with van der Waals surface area (Å²) in [6, 6.07) is 11.4. The van der Waals surface area contributed by atoms with Gasteiger partial charge in [-0.25, -0.2) is 0 Å². The average Bonchev–Trinajstić information content (AvgIpc) is 2.50. The first-order valence-electron chi connectivity index (χ1n) is 7.35. The molecule has 1 aliphatic heterocycles. The van der Waals surface area contributed by atoms with Gasteiger partial charge in [0.2, 0.25) is 0 Å². The van der Waals surface area contributed by atoms with E-state index in [2.05, 4.69) is 54.1 Å². The molecule has 0 aromatic heterocycles. The molecule has 3 heteroatoms. The molecule has 1 fully saturated rings. The first kappa shape index (κ1) is 14.5. The second kappa shape index (κ2) is 7.04. The summed E-state index contributed by atoms with van der Waals surface area (Å²) in [5.41, 5.74) is 7.17. The molecular weight excluding hydrogens is 234 g/mol. The van der Waals surface area contributed by atoms with Crippen molar-refractivity contribution < 1.29 is 0 Å². The summed E-state index contributed by atoms with van der Waals surface area (Å²) in [6.07, 6.45) is 1.09. The van der Waals surface area contributed by atoms with Crippen LogP contribution in [0.15, 0.2) is 30.3 Å². The number of rotatable bonds is 4. The van der Waals surface area contributed by atoms with Gasteiger partial charge in [-0.2, -0.15) is 0 Å². The van der Waals surface area contributed by atoms with Gasteiger partial charge in [0, 0.05) is 32.2 Å². The normalized spacial score (nSPS) is 26.3. The highest BCUT2D eigenvalue weighted by Gasteiger charge is 2.25. The van der Waals surface area contributed by atoms with Crippen LogP contribution in [0.4, 0.5) is 0 Å². The third-order valence-corrected chi connectivity index (χ3v) is 4.01. The Morgan fingerprint density at radius 1 is 1.16 bits per heavy atom. The van der Waals surface area contributed by atoms with Crippen molar-refractivity contribution in [3.05, 3.63) is 35.9 Å². The van der Waals surface area contributed by atoms with E-state index in [0.29, 0.717) is 6.04 Å². The lowest BCUT2D eigenvalue weighted by molar-refractivity contribution is 0.196. The Labute approximate surface area is 117 Å². The molecule has 1 aromatic carbocycles. The lowest BCUT2D eigenvalue weighted by Gasteiger charge is -2.28. The summed E-state index contributed by atoms with van der Waals surface area (Å²) in [5, 5.41) is 0. The summed E-state index contributed by atoms with van der Waals surface area (Å²) in [7, 11) is 2.24. The lowest BCUT2D eigenvalue weighted by atomic mass is 10.1. The molecule has 2 N–H and O–H groups in total. The molecule has 19 heavy (non-hydrogen) atoms. The van der Waals surface area contributed by atoms with Crippen LogP contribution in [-0.4, -0.2) is 49.1 Å². The largest absolute Gasteiger partial charge is 0.330 e. The first-order valence-corrected chi connectivity index (χ1v) is 7.35. The molecular formula is C16H27N3. The van der Waals surface area contributed by atoms with E-state index in [-0.39, 0.29) is 0 Å². The van der Waals surface area contributed by atoms with Gasteiger partial charge in [-0.05, 0) is 31.5 Å². The maximum atomic E-state index is 5.76. The Bertz CT molecular complexity index is 366. The molecule has 2 rings (SSSR count). The van der Waals surface area contributed by atoms with Gasteiger partial charge in [0.1, 0.15) is 0 Å². The van der Waals surface area contributed by atoms with Crippen molar-refractivity contribution in [3.63, 3.8) is 0 Å². The molecule has 1 heterocycles. The van der Waals surface area contributed by atoms with Gasteiger partial charge in [-0.15, -0.1) is 0 Å². The molecule has 106 valence electrons. The van der Waals surface area contributed by atoms with Gasteiger partial charge in [0.15, 0.2) is 0 Å². The van der Waals surface area contributed by atoms with E-state index in [1.54, 1.807) is 0 Å². The third kappa shape index (κ3) is 4.30. The molecule has 1 saturated heterocycles. The fraction of sp³-hybridized carbons (Fsp3) is 0.625. The standard InChI is InChI=1S/C16H27N3/c1-14-10-18(2)16(8-9-17)13-19(11-14)12-15-6-4-3-5-7-15/h3-7,14,16H,8-13,17H2,1-2H3. The maximum absolute atomic E-state index is 5.76. The molecule has 2 unspecified atom stereocenters. The fourth-order valence-corrected chi connectivity index (χ4v) is 3.13. The minimum atomic E-state index is 0.596. The van der Waals surface area contributed by atoms with E-state index in [0.717, 1.165) is 32.0 Å². The molecule has 1 aromatic rings. The zero-order chi connectivity index (χ0) is 13.7. The topological polar surface area (TPSA) is 32.5 Å². The summed E-state index contributed by atoms with van der Waals surface area (Å²) in [5.74, 6) is 0.719. The Kier molecular flexibility index (Phi) is 5.37. The van der Waals surface area contributed by atoms with Crippen molar-refractivity contribution in [2.75, 3.05) is 33.2 Å². The van der Waals surface area contributed by atoms with Crippen LogP contribution in [-0.2, 0) is 6.54 Å². The van der Waals surface area contributed by atoms with E-state index >= 15 is 0 Å². The second-order valence-corrected chi connectivity index (χ2v) is 5.96. The summed E-state index contributed by atoms with van der Waals surface area (Å²) >= 11 is 0. The van der Waals surface area contributed by atoms with Gasteiger partial charge in [-0.3, -0.25) is 4.90 Å². The van der Waals surface area contributed by atoms with Crippen molar-refractivity contribution in [3.8, 4) is 0 Å². The van der Waals surface area contributed by atoms with E-state index in [4.69, 9.17) is 5.73 Å². The monoisotopic (exact) mass is 261 g/mol. The molecule has 0 aliphatic carbocycles. The minimum Gasteiger partial charge on any atom is -0.330 e.